The van der Waals surface area contributed by atoms with Gasteiger partial charge in [0.25, 0.3) is 0 Å². The van der Waals surface area contributed by atoms with Gasteiger partial charge in [-0.1, -0.05) is 17.7 Å². The fraction of sp³-hybridized carbons (Fsp3) is 0.625. The molecule has 94 valence electrons. The van der Waals surface area contributed by atoms with Crippen molar-refractivity contribution in [1.29, 1.82) is 0 Å². The van der Waals surface area contributed by atoms with Crippen LogP contribution >= 0.6 is 0 Å². The van der Waals surface area contributed by atoms with Gasteiger partial charge in [-0.25, -0.2) is 0 Å². The molecule has 0 atom stereocenters. The molecule has 1 fully saturated rings. The first-order chi connectivity index (χ1) is 8.16. The minimum Gasteiger partial charge on any atom is -0.317 e. The third-order valence-corrected chi connectivity index (χ3v) is 4.10. The number of nitrogens with one attached hydrogen (secondary N) is 1. The summed E-state index contributed by atoms with van der Waals surface area (Å²) in [6.07, 6.45) is 5.36. The van der Waals surface area contributed by atoms with E-state index in [1.807, 2.05) is 0 Å². The van der Waals surface area contributed by atoms with Crippen molar-refractivity contribution >= 4 is 0 Å². The number of benzene rings is 1. The van der Waals surface area contributed by atoms with Gasteiger partial charge in [-0.15, -0.1) is 0 Å². The second-order valence-electron chi connectivity index (χ2n) is 5.61. The fourth-order valence-corrected chi connectivity index (χ4v) is 3.12. The summed E-state index contributed by atoms with van der Waals surface area (Å²) >= 11 is 0. The lowest BCUT2D eigenvalue weighted by Gasteiger charge is -2.23. The van der Waals surface area contributed by atoms with E-state index in [-0.39, 0.29) is 0 Å². The molecule has 1 heterocycles. The van der Waals surface area contributed by atoms with E-state index in [2.05, 4.69) is 38.2 Å². The molecule has 2 rings (SSSR count). The molecule has 1 aliphatic heterocycles. The Bertz CT molecular complexity index is 352. The first kappa shape index (κ1) is 12.6. The Hall–Kier alpha value is -0.820. The maximum atomic E-state index is 3.44. The van der Waals surface area contributed by atoms with Gasteiger partial charge < -0.3 is 5.32 Å². The van der Waals surface area contributed by atoms with Gasteiger partial charge in [-0.3, -0.25) is 0 Å². The highest BCUT2D eigenvalue weighted by Crippen LogP contribution is 2.23. The van der Waals surface area contributed by atoms with Gasteiger partial charge in [0.2, 0.25) is 0 Å². The molecule has 0 unspecified atom stereocenters. The molecule has 1 nitrogen and oxygen atoms in total. The fourth-order valence-electron chi connectivity index (χ4n) is 3.12. The zero-order valence-corrected chi connectivity index (χ0v) is 11.5. The molecule has 0 aliphatic carbocycles. The molecule has 1 heteroatoms. The quantitative estimate of drug-likeness (QED) is 0.839. The molecule has 1 saturated heterocycles. The molecule has 1 N–H and O–H groups in total. The van der Waals surface area contributed by atoms with Crippen LogP contribution < -0.4 is 5.32 Å². The molecule has 0 aromatic heterocycles. The summed E-state index contributed by atoms with van der Waals surface area (Å²) in [6.45, 7) is 9.15. The predicted octanol–water partition coefficient (Wildman–Crippen LogP) is 3.54. The number of aryl methyl sites for hydroxylation is 3. The van der Waals surface area contributed by atoms with Crippen LogP contribution in [-0.2, 0) is 6.42 Å². The standard InChI is InChI=1S/C16H25N/c1-12-10-13(2)16(14(3)11-12)5-4-15-6-8-17-9-7-15/h10-11,15,17H,4-9H2,1-3H3. The van der Waals surface area contributed by atoms with E-state index >= 15 is 0 Å². The second kappa shape index (κ2) is 5.68. The van der Waals surface area contributed by atoms with Crippen LogP contribution in [0.3, 0.4) is 0 Å². The van der Waals surface area contributed by atoms with Crippen LogP contribution in [-0.4, -0.2) is 13.1 Å². The number of piperidine rings is 1. The minimum absolute atomic E-state index is 0.941. The molecule has 1 aromatic rings. The van der Waals surface area contributed by atoms with Crippen LogP contribution in [0.1, 0.15) is 41.5 Å². The number of hydrogen-bond acceptors (Lipinski definition) is 1. The van der Waals surface area contributed by atoms with Gasteiger partial charge in [0, 0.05) is 0 Å². The number of rotatable bonds is 3. The van der Waals surface area contributed by atoms with Crippen LogP contribution in [0, 0.1) is 26.7 Å². The van der Waals surface area contributed by atoms with Crippen LogP contribution in [0.25, 0.3) is 0 Å². The summed E-state index contributed by atoms with van der Waals surface area (Å²) in [4.78, 5) is 0. The molecule has 0 radical (unpaired) electrons. The first-order valence-electron chi connectivity index (χ1n) is 6.94. The summed E-state index contributed by atoms with van der Waals surface area (Å²) in [6, 6.07) is 4.65. The zero-order valence-electron chi connectivity index (χ0n) is 11.5. The van der Waals surface area contributed by atoms with Crippen molar-refractivity contribution in [3.05, 3.63) is 34.4 Å². The van der Waals surface area contributed by atoms with E-state index in [4.69, 9.17) is 0 Å². The van der Waals surface area contributed by atoms with Crippen molar-refractivity contribution in [3.8, 4) is 0 Å². The second-order valence-corrected chi connectivity index (χ2v) is 5.61. The van der Waals surface area contributed by atoms with Crippen molar-refractivity contribution < 1.29 is 0 Å². The van der Waals surface area contributed by atoms with Gasteiger partial charge in [0.05, 0.1) is 0 Å². The molecular formula is C16H25N. The molecule has 0 spiro atoms. The van der Waals surface area contributed by atoms with Crippen LogP contribution in [0.5, 0.6) is 0 Å². The third kappa shape index (κ3) is 3.32. The highest BCUT2D eigenvalue weighted by molar-refractivity contribution is 5.37. The largest absolute Gasteiger partial charge is 0.317 e. The molecular weight excluding hydrogens is 206 g/mol. The number of hydrogen-bond donors (Lipinski definition) is 1. The van der Waals surface area contributed by atoms with E-state index in [1.54, 1.807) is 5.56 Å². The van der Waals surface area contributed by atoms with E-state index in [1.165, 1.54) is 55.5 Å². The smallest absolute Gasteiger partial charge is 0.00463 e. The Kier molecular flexibility index (Phi) is 4.22. The molecule has 0 amide bonds. The van der Waals surface area contributed by atoms with Crippen LogP contribution in [0.4, 0.5) is 0 Å². The van der Waals surface area contributed by atoms with Gasteiger partial charge in [-0.2, -0.15) is 0 Å². The minimum atomic E-state index is 0.941. The Balaban J connectivity index is 1.98. The highest BCUT2D eigenvalue weighted by Gasteiger charge is 2.14. The highest BCUT2D eigenvalue weighted by atomic mass is 14.9. The average Bonchev–Trinajstić information content (AvgIpc) is 2.29. The summed E-state index contributed by atoms with van der Waals surface area (Å²) in [5, 5.41) is 3.44. The lowest BCUT2D eigenvalue weighted by atomic mass is 9.88. The Labute approximate surface area is 106 Å². The van der Waals surface area contributed by atoms with E-state index in [0.29, 0.717) is 0 Å². The monoisotopic (exact) mass is 231 g/mol. The first-order valence-corrected chi connectivity index (χ1v) is 6.94. The SMILES string of the molecule is Cc1cc(C)c(CCC2CCNCC2)c(C)c1. The topological polar surface area (TPSA) is 12.0 Å². The zero-order chi connectivity index (χ0) is 12.3. The Morgan fingerprint density at radius 2 is 1.65 bits per heavy atom. The van der Waals surface area contributed by atoms with Crippen molar-refractivity contribution in [2.75, 3.05) is 13.1 Å². The molecule has 17 heavy (non-hydrogen) atoms. The predicted molar refractivity (Wildman–Crippen MR) is 74.6 cm³/mol. The van der Waals surface area contributed by atoms with E-state index < -0.39 is 0 Å². The molecule has 0 saturated carbocycles. The Morgan fingerprint density at radius 3 is 2.24 bits per heavy atom. The Morgan fingerprint density at radius 1 is 1.06 bits per heavy atom. The maximum Gasteiger partial charge on any atom is -0.00463 e. The average molecular weight is 231 g/mol. The van der Waals surface area contributed by atoms with E-state index in [9.17, 15) is 0 Å². The van der Waals surface area contributed by atoms with Crippen molar-refractivity contribution in [3.63, 3.8) is 0 Å². The van der Waals surface area contributed by atoms with Crippen molar-refractivity contribution in [2.24, 2.45) is 5.92 Å². The van der Waals surface area contributed by atoms with Crippen molar-refractivity contribution in [2.45, 2.75) is 46.5 Å². The van der Waals surface area contributed by atoms with Gasteiger partial charge in [-0.05, 0) is 82.2 Å². The van der Waals surface area contributed by atoms with Gasteiger partial charge in [0.1, 0.15) is 0 Å². The van der Waals surface area contributed by atoms with E-state index in [0.717, 1.165) is 5.92 Å². The van der Waals surface area contributed by atoms with Crippen LogP contribution in [0.2, 0.25) is 0 Å². The molecule has 0 bridgehead atoms. The summed E-state index contributed by atoms with van der Waals surface area (Å²) in [7, 11) is 0. The summed E-state index contributed by atoms with van der Waals surface area (Å²) in [5.41, 5.74) is 5.95. The normalized spacial score (nSPS) is 17.4. The lowest BCUT2D eigenvalue weighted by Crippen LogP contribution is -2.28. The van der Waals surface area contributed by atoms with Crippen LogP contribution in [0.15, 0.2) is 12.1 Å². The molecule has 1 aliphatic rings. The van der Waals surface area contributed by atoms with Crippen molar-refractivity contribution in [1.82, 2.24) is 5.32 Å². The summed E-state index contributed by atoms with van der Waals surface area (Å²) < 4.78 is 0. The summed E-state index contributed by atoms with van der Waals surface area (Å²) in [5.74, 6) is 0.941. The van der Waals surface area contributed by atoms with Gasteiger partial charge in [0.15, 0.2) is 0 Å². The third-order valence-electron chi connectivity index (χ3n) is 4.10. The lowest BCUT2D eigenvalue weighted by molar-refractivity contribution is 0.354. The van der Waals surface area contributed by atoms with Gasteiger partial charge >= 0.3 is 0 Å². The molecule has 1 aromatic carbocycles. The maximum absolute atomic E-state index is 3.44.